The third-order valence-electron chi connectivity index (χ3n) is 3.42. The summed E-state index contributed by atoms with van der Waals surface area (Å²) in [6.45, 7) is 6.56. The van der Waals surface area contributed by atoms with Crippen molar-refractivity contribution in [3.63, 3.8) is 0 Å². The Hall–Kier alpha value is -1.79. The van der Waals surface area contributed by atoms with E-state index in [1.807, 2.05) is 37.3 Å². The van der Waals surface area contributed by atoms with E-state index in [0.717, 1.165) is 31.4 Å². The number of nitrogens with one attached hydrogen (secondary N) is 1. The van der Waals surface area contributed by atoms with E-state index in [1.165, 1.54) is 0 Å². The fourth-order valence-electron chi connectivity index (χ4n) is 2.38. The van der Waals surface area contributed by atoms with Crippen molar-refractivity contribution in [3.05, 3.63) is 51.9 Å². The van der Waals surface area contributed by atoms with Crippen LogP contribution in [0, 0.1) is 0 Å². The number of imidazole rings is 1. The summed E-state index contributed by atoms with van der Waals surface area (Å²) in [5, 5.41) is 0. The van der Waals surface area contributed by atoms with Crippen LogP contribution in [0.2, 0.25) is 0 Å². The average Bonchev–Trinajstić information content (AvgIpc) is 3.01. The molecule has 24 heavy (non-hydrogen) atoms. The summed E-state index contributed by atoms with van der Waals surface area (Å²) < 4.78 is 13.1. The van der Waals surface area contributed by atoms with Crippen LogP contribution >= 0.6 is 31.9 Å². The van der Waals surface area contributed by atoms with E-state index in [4.69, 9.17) is 9.47 Å². The summed E-state index contributed by atoms with van der Waals surface area (Å²) >= 11 is 7.23. The number of para-hydroxylation sites is 2. The van der Waals surface area contributed by atoms with Gasteiger partial charge in [0, 0.05) is 10.0 Å². The number of benzene rings is 2. The van der Waals surface area contributed by atoms with Crippen LogP contribution in [0.5, 0.6) is 11.5 Å². The molecule has 0 unspecified atom stereocenters. The molecular weight excluding hydrogens is 436 g/mol. The normalized spacial score (nSPS) is 10.8. The maximum Gasteiger partial charge on any atom is 0.176 e. The van der Waals surface area contributed by atoms with E-state index in [0.29, 0.717) is 24.7 Å². The highest BCUT2D eigenvalue weighted by atomic mass is 79.9. The third-order valence-corrected chi connectivity index (χ3v) is 5.53. The molecule has 0 radical (unpaired) electrons. The van der Waals surface area contributed by atoms with Crippen molar-refractivity contribution in [2.24, 2.45) is 0 Å². The van der Waals surface area contributed by atoms with Gasteiger partial charge in [0.05, 0.1) is 22.1 Å². The molecule has 1 heterocycles. The number of aromatic amines is 1. The Morgan fingerprint density at radius 1 is 1.21 bits per heavy atom. The molecule has 1 N–H and O–H groups in total. The zero-order valence-corrected chi connectivity index (χ0v) is 16.3. The zero-order chi connectivity index (χ0) is 17.1. The van der Waals surface area contributed by atoms with Crippen molar-refractivity contribution < 1.29 is 9.47 Å². The minimum absolute atomic E-state index is 0.398. The van der Waals surface area contributed by atoms with E-state index in [-0.39, 0.29) is 0 Å². The molecule has 0 spiro atoms. The SMILES string of the molecule is C=CCOc1c(OCC)cc(-c2nc3ccccc3[nH]2)c(Br)c1Br. The Bertz CT molecular complexity index is 857. The number of ether oxygens (including phenoxy) is 2. The molecule has 0 saturated carbocycles. The Morgan fingerprint density at radius 2 is 2.00 bits per heavy atom. The topological polar surface area (TPSA) is 47.1 Å². The van der Waals surface area contributed by atoms with Gasteiger partial charge in [0.1, 0.15) is 12.4 Å². The molecule has 0 fully saturated rings. The van der Waals surface area contributed by atoms with Crippen molar-refractivity contribution in [2.45, 2.75) is 6.92 Å². The van der Waals surface area contributed by atoms with Crippen molar-refractivity contribution in [3.8, 4) is 22.9 Å². The van der Waals surface area contributed by atoms with Gasteiger partial charge < -0.3 is 14.5 Å². The summed E-state index contributed by atoms with van der Waals surface area (Å²) in [4.78, 5) is 8.00. The number of aromatic nitrogens is 2. The van der Waals surface area contributed by atoms with Gasteiger partial charge >= 0.3 is 0 Å². The fourth-order valence-corrected chi connectivity index (χ4v) is 3.38. The van der Waals surface area contributed by atoms with Crippen molar-refractivity contribution in [1.82, 2.24) is 9.97 Å². The quantitative estimate of drug-likeness (QED) is 0.487. The predicted molar refractivity (Wildman–Crippen MR) is 104 cm³/mol. The van der Waals surface area contributed by atoms with Gasteiger partial charge in [0.2, 0.25) is 0 Å². The lowest BCUT2D eigenvalue weighted by Crippen LogP contribution is -2.01. The van der Waals surface area contributed by atoms with Crippen LogP contribution in [0.25, 0.3) is 22.4 Å². The number of hydrogen-bond donors (Lipinski definition) is 1. The molecule has 6 heteroatoms. The largest absolute Gasteiger partial charge is 0.490 e. The minimum Gasteiger partial charge on any atom is -0.490 e. The molecule has 0 atom stereocenters. The average molecular weight is 452 g/mol. The summed E-state index contributed by atoms with van der Waals surface area (Å²) in [6, 6.07) is 9.85. The Labute approximate surface area is 157 Å². The maximum atomic E-state index is 5.75. The molecule has 0 aliphatic rings. The second-order valence-corrected chi connectivity index (χ2v) is 6.60. The van der Waals surface area contributed by atoms with Gasteiger partial charge in [-0.2, -0.15) is 0 Å². The molecule has 0 aliphatic heterocycles. The van der Waals surface area contributed by atoms with Crippen LogP contribution in [0.3, 0.4) is 0 Å². The van der Waals surface area contributed by atoms with Crippen LogP contribution in [0.15, 0.2) is 51.9 Å². The van der Waals surface area contributed by atoms with E-state index >= 15 is 0 Å². The Morgan fingerprint density at radius 3 is 2.71 bits per heavy atom. The molecular formula is C18H16Br2N2O2. The first-order valence-corrected chi connectivity index (χ1v) is 9.08. The number of rotatable bonds is 6. The molecule has 1 aromatic heterocycles. The highest BCUT2D eigenvalue weighted by Crippen LogP contribution is 2.46. The van der Waals surface area contributed by atoms with Crippen LogP contribution in [0.1, 0.15) is 6.92 Å². The summed E-state index contributed by atoms with van der Waals surface area (Å²) in [7, 11) is 0. The van der Waals surface area contributed by atoms with Gasteiger partial charge in [-0.05, 0) is 57.0 Å². The summed E-state index contributed by atoms with van der Waals surface area (Å²) in [5.41, 5.74) is 2.80. The minimum atomic E-state index is 0.398. The van der Waals surface area contributed by atoms with E-state index in [9.17, 15) is 0 Å². The van der Waals surface area contributed by atoms with E-state index < -0.39 is 0 Å². The standard InChI is InChI=1S/C18H16Br2N2O2/c1-3-9-24-17-14(23-4-2)10-11(15(19)16(17)20)18-21-12-7-5-6-8-13(12)22-18/h3,5-8,10H,1,4,9H2,2H3,(H,21,22). The number of hydrogen-bond acceptors (Lipinski definition) is 3. The van der Waals surface area contributed by atoms with Gasteiger partial charge in [-0.1, -0.05) is 24.8 Å². The van der Waals surface area contributed by atoms with Crippen LogP contribution in [-0.2, 0) is 0 Å². The fraction of sp³-hybridized carbons (Fsp3) is 0.167. The van der Waals surface area contributed by atoms with Gasteiger partial charge in [-0.15, -0.1) is 0 Å². The van der Waals surface area contributed by atoms with Gasteiger partial charge in [-0.25, -0.2) is 4.98 Å². The van der Waals surface area contributed by atoms with E-state index in [2.05, 4.69) is 48.4 Å². The van der Waals surface area contributed by atoms with Gasteiger partial charge in [0.25, 0.3) is 0 Å². The molecule has 3 rings (SSSR count). The summed E-state index contributed by atoms with van der Waals surface area (Å²) in [5.74, 6) is 2.06. The number of H-pyrrole nitrogens is 1. The number of fused-ring (bicyclic) bond motifs is 1. The van der Waals surface area contributed by atoms with Crippen molar-refractivity contribution in [1.29, 1.82) is 0 Å². The smallest absolute Gasteiger partial charge is 0.176 e. The first-order valence-electron chi connectivity index (χ1n) is 7.49. The van der Waals surface area contributed by atoms with Crippen LogP contribution in [0.4, 0.5) is 0 Å². The Balaban J connectivity index is 2.15. The predicted octanol–water partition coefficient (Wildman–Crippen LogP) is 5.72. The monoisotopic (exact) mass is 450 g/mol. The lowest BCUT2D eigenvalue weighted by atomic mass is 10.2. The molecule has 2 aromatic carbocycles. The molecule has 0 saturated heterocycles. The second-order valence-electron chi connectivity index (χ2n) is 5.01. The maximum absolute atomic E-state index is 5.75. The molecule has 0 aliphatic carbocycles. The Kier molecular flexibility index (Phi) is 5.26. The highest BCUT2D eigenvalue weighted by molar-refractivity contribution is 9.13. The van der Waals surface area contributed by atoms with Crippen molar-refractivity contribution >= 4 is 42.9 Å². The van der Waals surface area contributed by atoms with Gasteiger partial charge in [-0.3, -0.25) is 0 Å². The number of nitrogens with zero attached hydrogens (tertiary/aromatic N) is 1. The third kappa shape index (κ3) is 3.21. The molecule has 4 nitrogen and oxygen atoms in total. The summed E-state index contributed by atoms with van der Waals surface area (Å²) in [6.07, 6.45) is 1.70. The first-order chi connectivity index (χ1) is 11.7. The first kappa shape index (κ1) is 17.0. The highest BCUT2D eigenvalue weighted by Gasteiger charge is 2.20. The number of halogens is 2. The van der Waals surface area contributed by atoms with Crippen LogP contribution < -0.4 is 9.47 Å². The zero-order valence-electron chi connectivity index (χ0n) is 13.1. The van der Waals surface area contributed by atoms with Gasteiger partial charge in [0.15, 0.2) is 11.5 Å². The molecule has 124 valence electrons. The van der Waals surface area contributed by atoms with E-state index in [1.54, 1.807) is 6.08 Å². The molecule has 0 bridgehead atoms. The lowest BCUT2D eigenvalue weighted by Gasteiger charge is -2.16. The van der Waals surface area contributed by atoms with Crippen LogP contribution in [-0.4, -0.2) is 23.2 Å². The second kappa shape index (κ2) is 7.40. The lowest BCUT2D eigenvalue weighted by molar-refractivity contribution is 0.295. The molecule has 0 amide bonds. The van der Waals surface area contributed by atoms with Crippen molar-refractivity contribution in [2.75, 3.05) is 13.2 Å². The molecule has 3 aromatic rings.